The molecule has 1 atom stereocenters. The third-order valence-electron chi connectivity index (χ3n) is 6.21. The third kappa shape index (κ3) is 3.23. The van der Waals surface area contributed by atoms with Crippen molar-refractivity contribution in [2.45, 2.75) is 19.0 Å². The van der Waals surface area contributed by atoms with Crippen LogP contribution >= 0.6 is 0 Å². The number of H-pyrrole nitrogens is 1. The van der Waals surface area contributed by atoms with Crippen molar-refractivity contribution >= 4 is 16.6 Å². The number of rotatable bonds is 4. The van der Waals surface area contributed by atoms with Crippen LogP contribution in [0, 0.1) is 0 Å². The zero-order chi connectivity index (χ0) is 20.7. The summed E-state index contributed by atoms with van der Waals surface area (Å²) in [5.74, 6) is 0.366. The van der Waals surface area contributed by atoms with E-state index in [-0.39, 0.29) is 6.04 Å². The summed E-state index contributed by atoms with van der Waals surface area (Å²) in [7, 11) is 4.11. The number of nitrogens with one attached hydrogen (secondary N) is 1. The maximum absolute atomic E-state index is 11.0. The van der Waals surface area contributed by atoms with E-state index in [1.807, 2.05) is 12.1 Å². The van der Waals surface area contributed by atoms with Crippen LogP contribution in [0.5, 0.6) is 5.75 Å². The highest BCUT2D eigenvalue weighted by Crippen LogP contribution is 2.43. The smallest absolute Gasteiger partial charge is 0.121 e. The van der Waals surface area contributed by atoms with Crippen molar-refractivity contribution in [1.29, 1.82) is 0 Å². The molecule has 4 aromatic rings. The molecular formula is C26H27N3O. The number of nitrogens with zero attached hydrogens (tertiary/aromatic N) is 2. The first-order chi connectivity index (χ1) is 14.6. The van der Waals surface area contributed by atoms with Gasteiger partial charge in [0.25, 0.3) is 0 Å². The largest absolute Gasteiger partial charge is 0.508 e. The van der Waals surface area contributed by atoms with Crippen molar-refractivity contribution in [3.05, 3.63) is 95.2 Å². The van der Waals surface area contributed by atoms with Crippen LogP contribution in [0.1, 0.15) is 28.3 Å². The summed E-state index contributed by atoms with van der Waals surface area (Å²) in [6.07, 6.45) is 3.06. The molecule has 2 N–H and O–H groups in total. The maximum atomic E-state index is 11.0. The fraction of sp³-hybridized carbons (Fsp3) is 0.231. The van der Waals surface area contributed by atoms with Crippen LogP contribution in [-0.4, -0.2) is 35.6 Å². The molecule has 0 fully saturated rings. The van der Waals surface area contributed by atoms with Crippen LogP contribution in [-0.2, 0) is 13.0 Å². The molecule has 30 heavy (non-hydrogen) atoms. The van der Waals surface area contributed by atoms with Gasteiger partial charge in [0.15, 0.2) is 0 Å². The van der Waals surface area contributed by atoms with Crippen LogP contribution in [0.3, 0.4) is 0 Å². The molecule has 0 saturated carbocycles. The maximum Gasteiger partial charge on any atom is 0.121 e. The van der Waals surface area contributed by atoms with Gasteiger partial charge in [-0.25, -0.2) is 0 Å². The van der Waals surface area contributed by atoms with Gasteiger partial charge in [-0.1, -0.05) is 42.5 Å². The fourth-order valence-electron chi connectivity index (χ4n) is 4.68. The zero-order valence-electron chi connectivity index (χ0n) is 17.5. The lowest BCUT2D eigenvalue weighted by Crippen LogP contribution is -2.30. The molecule has 4 nitrogen and oxygen atoms in total. The third-order valence-corrected chi connectivity index (χ3v) is 6.21. The Labute approximate surface area is 177 Å². The normalized spacial score (nSPS) is 16.5. The summed E-state index contributed by atoms with van der Waals surface area (Å²) in [4.78, 5) is 8.01. The second kappa shape index (κ2) is 7.54. The van der Waals surface area contributed by atoms with Crippen molar-refractivity contribution in [1.82, 2.24) is 9.88 Å². The van der Waals surface area contributed by atoms with Crippen LogP contribution < -0.4 is 4.90 Å². The monoisotopic (exact) mass is 397 g/mol. The zero-order valence-corrected chi connectivity index (χ0v) is 17.5. The SMILES string of the molecule is CN(C)c1ccc(C2c3c(O)ccc4[nH]cc(c34)CCN2Cc2ccccc2)cc1. The summed E-state index contributed by atoms with van der Waals surface area (Å²) in [5.41, 5.74) is 7.04. The van der Waals surface area contributed by atoms with Gasteiger partial charge in [0.2, 0.25) is 0 Å². The van der Waals surface area contributed by atoms with Gasteiger partial charge in [0.1, 0.15) is 5.75 Å². The standard InChI is InChI=1S/C26H27N3O/c1-28(2)21-10-8-19(9-11-21)26-25-23(30)13-12-22-24(25)20(16-27-22)14-15-29(26)17-18-6-4-3-5-7-18/h3-13,16,26-27,30H,14-15,17H2,1-2H3. The van der Waals surface area contributed by atoms with Crippen LogP contribution in [0.4, 0.5) is 5.69 Å². The minimum absolute atomic E-state index is 0.0119. The van der Waals surface area contributed by atoms with Gasteiger partial charge in [0, 0.05) is 55.5 Å². The number of phenolic OH excluding ortho intramolecular Hbond substituents is 1. The molecule has 1 unspecified atom stereocenters. The van der Waals surface area contributed by atoms with E-state index in [0.717, 1.165) is 30.6 Å². The number of hydrogen-bond donors (Lipinski definition) is 2. The van der Waals surface area contributed by atoms with Gasteiger partial charge < -0.3 is 15.0 Å². The molecule has 3 aromatic carbocycles. The quantitative estimate of drug-likeness (QED) is 0.504. The van der Waals surface area contributed by atoms with Crippen molar-refractivity contribution in [2.24, 2.45) is 0 Å². The number of phenols is 1. The lowest BCUT2D eigenvalue weighted by Gasteiger charge is -2.32. The van der Waals surface area contributed by atoms with E-state index in [4.69, 9.17) is 0 Å². The van der Waals surface area contributed by atoms with Crippen molar-refractivity contribution in [3.8, 4) is 5.75 Å². The highest BCUT2D eigenvalue weighted by atomic mass is 16.3. The summed E-state index contributed by atoms with van der Waals surface area (Å²) in [5, 5.41) is 12.2. The van der Waals surface area contributed by atoms with E-state index < -0.39 is 0 Å². The first-order valence-corrected chi connectivity index (χ1v) is 10.5. The van der Waals surface area contributed by atoms with Gasteiger partial charge in [0.05, 0.1) is 6.04 Å². The van der Waals surface area contributed by atoms with Gasteiger partial charge >= 0.3 is 0 Å². The molecule has 0 radical (unpaired) electrons. The Morgan fingerprint density at radius 1 is 1.00 bits per heavy atom. The second-order valence-electron chi connectivity index (χ2n) is 8.33. The van der Waals surface area contributed by atoms with Crippen LogP contribution in [0.2, 0.25) is 0 Å². The minimum Gasteiger partial charge on any atom is -0.508 e. The molecule has 0 bridgehead atoms. The van der Waals surface area contributed by atoms with Gasteiger partial charge in [-0.05, 0) is 47.4 Å². The number of aromatic nitrogens is 1. The number of aromatic hydroxyl groups is 1. The lowest BCUT2D eigenvalue weighted by atomic mass is 9.92. The van der Waals surface area contributed by atoms with E-state index in [1.54, 1.807) is 0 Å². The van der Waals surface area contributed by atoms with Crippen molar-refractivity contribution in [3.63, 3.8) is 0 Å². The minimum atomic E-state index is -0.0119. The molecule has 1 aromatic heterocycles. The molecule has 2 heterocycles. The topological polar surface area (TPSA) is 42.5 Å². The number of benzene rings is 3. The molecule has 152 valence electrons. The van der Waals surface area contributed by atoms with Gasteiger partial charge in [-0.15, -0.1) is 0 Å². The summed E-state index contributed by atoms with van der Waals surface area (Å²) in [6.45, 7) is 1.76. The lowest BCUT2D eigenvalue weighted by molar-refractivity contribution is 0.220. The summed E-state index contributed by atoms with van der Waals surface area (Å²) < 4.78 is 0. The summed E-state index contributed by atoms with van der Waals surface area (Å²) >= 11 is 0. The van der Waals surface area contributed by atoms with E-state index in [1.165, 1.54) is 27.8 Å². The predicted octanol–water partition coefficient (Wildman–Crippen LogP) is 5.09. The predicted molar refractivity (Wildman–Crippen MR) is 123 cm³/mol. The first-order valence-electron chi connectivity index (χ1n) is 10.5. The number of aromatic amines is 1. The highest BCUT2D eigenvalue weighted by Gasteiger charge is 2.31. The average Bonchev–Trinajstić information content (AvgIpc) is 3.10. The average molecular weight is 398 g/mol. The highest BCUT2D eigenvalue weighted by molar-refractivity contribution is 5.90. The Bertz CT molecular complexity index is 1160. The first kappa shape index (κ1) is 18.8. The Balaban J connectivity index is 1.67. The van der Waals surface area contributed by atoms with E-state index in [9.17, 15) is 5.11 Å². The molecule has 1 aliphatic rings. The fourth-order valence-corrected chi connectivity index (χ4v) is 4.68. The van der Waals surface area contributed by atoms with Crippen molar-refractivity contribution in [2.75, 3.05) is 25.5 Å². The van der Waals surface area contributed by atoms with Gasteiger partial charge in [-0.2, -0.15) is 0 Å². The van der Waals surface area contributed by atoms with Crippen LogP contribution in [0.25, 0.3) is 10.9 Å². The molecule has 0 aliphatic carbocycles. The van der Waals surface area contributed by atoms with E-state index >= 15 is 0 Å². The number of hydrogen-bond acceptors (Lipinski definition) is 3. The molecule has 1 aliphatic heterocycles. The Hall–Kier alpha value is -3.24. The Morgan fingerprint density at radius 3 is 2.50 bits per heavy atom. The molecule has 0 spiro atoms. The van der Waals surface area contributed by atoms with Crippen LogP contribution in [0.15, 0.2) is 72.9 Å². The Kier molecular flexibility index (Phi) is 4.72. The molecule has 0 amide bonds. The second-order valence-corrected chi connectivity index (χ2v) is 8.33. The molecule has 4 heteroatoms. The van der Waals surface area contributed by atoms with Crippen molar-refractivity contribution < 1.29 is 5.11 Å². The Morgan fingerprint density at radius 2 is 1.77 bits per heavy atom. The number of anilines is 1. The van der Waals surface area contributed by atoms with Gasteiger partial charge in [-0.3, -0.25) is 4.90 Å². The molecule has 0 saturated heterocycles. The van der Waals surface area contributed by atoms with E-state index in [0.29, 0.717) is 5.75 Å². The van der Waals surface area contributed by atoms with E-state index in [2.05, 4.69) is 89.7 Å². The molecular weight excluding hydrogens is 370 g/mol. The molecule has 5 rings (SSSR count). The summed E-state index contributed by atoms with van der Waals surface area (Å²) in [6, 6.07) is 23.1.